The van der Waals surface area contributed by atoms with Crippen LogP contribution in [-0.4, -0.2) is 24.9 Å². The molecule has 0 fully saturated rings. The molecule has 5 nitrogen and oxygen atoms in total. The average Bonchev–Trinajstić information content (AvgIpc) is 3.89. The average molecular weight is 668 g/mol. The van der Waals surface area contributed by atoms with Gasteiger partial charge in [0.2, 0.25) is 0 Å². The summed E-state index contributed by atoms with van der Waals surface area (Å²) in [5.41, 5.74) is 14.6. The van der Waals surface area contributed by atoms with Gasteiger partial charge in [-0.3, -0.25) is 4.98 Å². The SMILES string of the molecule is c1ccc(-c2nc(-c3ccc(-c4cncc(-c5ccc(-c6nc(-c7ccccc7)c(-c7ccccc7)[nH]6)cc5)c4)cc3)[nH]c2-c2ccccc2)cc1. The van der Waals surface area contributed by atoms with E-state index in [-0.39, 0.29) is 0 Å². The molecule has 5 heteroatoms. The Kier molecular flexibility index (Phi) is 8.12. The zero-order valence-electron chi connectivity index (χ0n) is 28.2. The van der Waals surface area contributed by atoms with Gasteiger partial charge in [-0.25, -0.2) is 9.97 Å². The topological polar surface area (TPSA) is 70.2 Å². The number of imidazole rings is 2. The highest BCUT2D eigenvalue weighted by Gasteiger charge is 2.17. The van der Waals surface area contributed by atoms with Gasteiger partial charge in [-0.1, -0.05) is 170 Å². The van der Waals surface area contributed by atoms with Crippen LogP contribution in [0.5, 0.6) is 0 Å². The Hall–Kier alpha value is -7.11. The number of hydrogen-bond acceptors (Lipinski definition) is 3. The predicted molar refractivity (Wildman–Crippen MR) is 212 cm³/mol. The maximum atomic E-state index is 5.07. The normalized spacial score (nSPS) is 11.1. The molecule has 0 saturated heterocycles. The van der Waals surface area contributed by atoms with E-state index in [0.29, 0.717) is 0 Å². The fraction of sp³-hybridized carbons (Fsp3) is 0. The van der Waals surface area contributed by atoms with Crippen LogP contribution in [0.3, 0.4) is 0 Å². The van der Waals surface area contributed by atoms with Gasteiger partial charge >= 0.3 is 0 Å². The van der Waals surface area contributed by atoms with E-state index < -0.39 is 0 Å². The Morgan fingerprint density at radius 1 is 0.288 bits per heavy atom. The third kappa shape index (κ3) is 6.12. The molecule has 52 heavy (non-hydrogen) atoms. The van der Waals surface area contributed by atoms with E-state index in [9.17, 15) is 0 Å². The Labute approximate surface area is 302 Å². The van der Waals surface area contributed by atoms with Crippen LogP contribution in [0.25, 0.3) is 90.1 Å². The van der Waals surface area contributed by atoms with E-state index in [2.05, 4.69) is 142 Å². The molecule has 0 radical (unpaired) electrons. The van der Waals surface area contributed by atoms with Crippen molar-refractivity contribution in [3.05, 3.63) is 188 Å². The highest BCUT2D eigenvalue weighted by molar-refractivity contribution is 5.83. The van der Waals surface area contributed by atoms with Gasteiger partial charge in [-0.2, -0.15) is 0 Å². The molecule has 9 rings (SSSR count). The minimum Gasteiger partial charge on any atom is -0.337 e. The molecular formula is C47H33N5. The molecule has 0 amide bonds. The summed E-state index contributed by atoms with van der Waals surface area (Å²) in [4.78, 5) is 22.0. The number of pyridine rings is 1. The van der Waals surface area contributed by atoms with Crippen LogP contribution in [0.15, 0.2) is 188 Å². The van der Waals surface area contributed by atoms with E-state index in [4.69, 9.17) is 9.97 Å². The molecule has 0 unspecified atom stereocenters. The van der Waals surface area contributed by atoms with Gasteiger partial charge in [0.05, 0.1) is 22.8 Å². The summed E-state index contributed by atoms with van der Waals surface area (Å²) in [6, 6.07) is 60.6. The van der Waals surface area contributed by atoms with Crippen molar-refractivity contribution in [3.63, 3.8) is 0 Å². The van der Waals surface area contributed by atoms with Gasteiger partial charge in [-0.05, 0) is 17.2 Å². The molecular weight excluding hydrogens is 635 g/mol. The van der Waals surface area contributed by atoms with Crippen molar-refractivity contribution in [2.75, 3.05) is 0 Å². The van der Waals surface area contributed by atoms with E-state index in [1.165, 1.54) is 0 Å². The molecule has 246 valence electrons. The Balaban J connectivity index is 0.987. The Morgan fingerprint density at radius 2 is 0.615 bits per heavy atom. The highest BCUT2D eigenvalue weighted by Crippen LogP contribution is 2.36. The van der Waals surface area contributed by atoms with Gasteiger partial charge in [0.1, 0.15) is 11.6 Å². The van der Waals surface area contributed by atoms with E-state index in [0.717, 1.165) is 90.1 Å². The molecule has 2 N–H and O–H groups in total. The molecule has 3 aromatic heterocycles. The second-order valence-electron chi connectivity index (χ2n) is 12.7. The quantitative estimate of drug-likeness (QED) is 0.169. The van der Waals surface area contributed by atoms with Gasteiger partial charge in [0.25, 0.3) is 0 Å². The van der Waals surface area contributed by atoms with Crippen LogP contribution in [0.2, 0.25) is 0 Å². The lowest BCUT2D eigenvalue weighted by atomic mass is 10.0. The zero-order valence-corrected chi connectivity index (χ0v) is 28.2. The Morgan fingerprint density at radius 3 is 0.981 bits per heavy atom. The fourth-order valence-electron chi connectivity index (χ4n) is 6.65. The van der Waals surface area contributed by atoms with Crippen molar-refractivity contribution in [3.8, 4) is 90.1 Å². The monoisotopic (exact) mass is 667 g/mol. The maximum Gasteiger partial charge on any atom is 0.138 e. The third-order valence-corrected chi connectivity index (χ3v) is 9.35. The highest BCUT2D eigenvalue weighted by atomic mass is 14.9. The summed E-state index contributed by atoms with van der Waals surface area (Å²) in [7, 11) is 0. The largest absolute Gasteiger partial charge is 0.337 e. The second kappa shape index (κ2) is 13.7. The standard InChI is InChI=1S/C47H33N5/c1-5-13-34(14-6-1)42-43(35-15-7-2-8-16-35)50-46(49-42)38-25-21-32(22-26-38)40-29-41(31-48-30-40)33-23-27-39(28-24-33)47-51-44(36-17-9-3-10-18-36)45(52-47)37-19-11-4-12-20-37/h1-31H,(H,49,50)(H,51,52). The summed E-state index contributed by atoms with van der Waals surface area (Å²) in [6.07, 6.45) is 3.83. The molecule has 3 heterocycles. The summed E-state index contributed by atoms with van der Waals surface area (Å²) in [5, 5.41) is 0. The van der Waals surface area contributed by atoms with Crippen molar-refractivity contribution in [1.82, 2.24) is 24.9 Å². The number of nitrogens with one attached hydrogen (secondary N) is 2. The molecule has 0 saturated carbocycles. The van der Waals surface area contributed by atoms with Gasteiger partial charge in [0, 0.05) is 56.9 Å². The van der Waals surface area contributed by atoms with E-state index in [1.807, 2.05) is 60.9 Å². The fourth-order valence-corrected chi connectivity index (χ4v) is 6.65. The number of benzene rings is 6. The molecule has 0 aliphatic heterocycles. The number of hydrogen-bond donors (Lipinski definition) is 2. The molecule has 9 aromatic rings. The minimum atomic E-state index is 0.833. The summed E-state index contributed by atoms with van der Waals surface area (Å²) < 4.78 is 0. The number of aromatic nitrogens is 5. The molecule has 0 spiro atoms. The lowest BCUT2D eigenvalue weighted by Gasteiger charge is -2.07. The molecule has 6 aromatic carbocycles. The first-order valence-electron chi connectivity index (χ1n) is 17.4. The lowest BCUT2D eigenvalue weighted by molar-refractivity contribution is 1.30. The maximum absolute atomic E-state index is 5.07. The smallest absolute Gasteiger partial charge is 0.138 e. The number of aromatic amines is 2. The number of rotatable bonds is 8. The van der Waals surface area contributed by atoms with Crippen LogP contribution in [0, 0.1) is 0 Å². The first-order chi connectivity index (χ1) is 25.8. The van der Waals surface area contributed by atoms with Gasteiger partial charge in [0.15, 0.2) is 0 Å². The van der Waals surface area contributed by atoms with E-state index in [1.54, 1.807) is 0 Å². The van der Waals surface area contributed by atoms with Crippen LogP contribution >= 0.6 is 0 Å². The summed E-state index contributed by atoms with van der Waals surface area (Å²) in [5.74, 6) is 1.67. The zero-order chi connectivity index (χ0) is 34.7. The second-order valence-corrected chi connectivity index (χ2v) is 12.7. The lowest BCUT2D eigenvalue weighted by Crippen LogP contribution is -1.87. The predicted octanol–water partition coefficient (Wildman–Crippen LogP) is 11.9. The first kappa shape index (κ1) is 30.9. The van der Waals surface area contributed by atoms with Crippen molar-refractivity contribution in [2.24, 2.45) is 0 Å². The van der Waals surface area contributed by atoms with Crippen molar-refractivity contribution in [1.29, 1.82) is 0 Å². The first-order valence-corrected chi connectivity index (χ1v) is 17.4. The Bertz CT molecular complexity index is 2280. The van der Waals surface area contributed by atoms with Crippen molar-refractivity contribution in [2.45, 2.75) is 0 Å². The summed E-state index contributed by atoms with van der Waals surface area (Å²) >= 11 is 0. The molecule has 0 bridgehead atoms. The number of nitrogens with zero attached hydrogens (tertiary/aromatic N) is 3. The third-order valence-electron chi connectivity index (χ3n) is 9.35. The van der Waals surface area contributed by atoms with Crippen molar-refractivity contribution >= 4 is 0 Å². The minimum absolute atomic E-state index is 0.833. The van der Waals surface area contributed by atoms with Crippen LogP contribution < -0.4 is 0 Å². The van der Waals surface area contributed by atoms with Crippen LogP contribution in [-0.2, 0) is 0 Å². The van der Waals surface area contributed by atoms with Gasteiger partial charge < -0.3 is 9.97 Å². The summed E-state index contributed by atoms with van der Waals surface area (Å²) in [6.45, 7) is 0. The van der Waals surface area contributed by atoms with Crippen molar-refractivity contribution < 1.29 is 0 Å². The van der Waals surface area contributed by atoms with E-state index >= 15 is 0 Å². The molecule has 0 atom stereocenters. The number of H-pyrrole nitrogens is 2. The van der Waals surface area contributed by atoms with Crippen LogP contribution in [0.4, 0.5) is 0 Å². The molecule has 0 aliphatic carbocycles. The van der Waals surface area contributed by atoms with Gasteiger partial charge in [-0.15, -0.1) is 0 Å². The molecule has 0 aliphatic rings. The van der Waals surface area contributed by atoms with Crippen LogP contribution in [0.1, 0.15) is 0 Å².